The van der Waals surface area contributed by atoms with Gasteiger partial charge < -0.3 is 9.47 Å². The Labute approximate surface area is 139 Å². The molecule has 0 unspecified atom stereocenters. The lowest BCUT2D eigenvalue weighted by Gasteiger charge is -2.40. The number of nitrogens with zero attached hydrogens (tertiary/aromatic N) is 1. The first-order valence-electron chi connectivity index (χ1n) is 7.74. The molecular weight excluding hydrogens is 346 g/mol. The van der Waals surface area contributed by atoms with Crippen molar-refractivity contribution < 1.29 is 14.3 Å². The summed E-state index contributed by atoms with van der Waals surface area (Å²) in [5.41, 5.74) is 0.609. The van der Waals surface area contributed by atoms with Crippen LogP contribution in [0.15, 0.2) is 28.7 Å². The van der Waals surface area contributed by atoms with E-state index < -0.39 is 5.60 Å². The summed E-state index contributed by atoms with van der Waals surface area (Å²) in [6, 6.07) is 8.04. The van der Waals surface area contributed by atoms with Gasteiger partial charge in [-0.05, 0) is 51.3 Å². The van der Waals surface area contributed by atoms with Gasteiger partial charge in [-0.25, -0.2) is 4.79 Å². The van der Waals surface area contributed by atoms with Crippen LogP contribution in [0.4, 0.5) is 4.79 Å². The zero-order chi connectivity index (χ0) is 15.9. The van der Waals surface area contributed by atoms with E-state index in [1.54, 1.807) is 0 Å². The maximum Gasteiger partial charge on any atom is 0.410 e. The van der Waals surface area contributed by atoms with Crippen LogP contribution in [-0.4, -0.2) is 35.3 Å². The van der Waals surface area contributed by atoms with Crippen LogP contribution in [-0.2, 0) is 9.47 Å². The van der Waals surface area contributed by atoms with Crippen molar-refractivity contribution in [3.63, 3.8) is 0 Å². The van der Waals surface area contributed by atoms with Crippen LogP contribution in [0.5, 0.6) is 0 Å². The third-order valence-electron chi connectivity index (χ3n) is 4.07. The van der Waals surface area contributed by atoms with Gasteiger partial charge >= 0.3 is 6.09 Å². The minimum atomic E-state index is -0.487. The summed E-state index contributed by atoms with van der Waals surface area (Å²) in [5.74, 6) is 0. The summed E-state index contributed by atoms with van der Waals surface area (Å²) < 4.78 is 12.7. The van der Waals surface area contributed by atoms with Gasteiger partial charge in [0.2, 0.25) is 0 Å². The summed E-state index contributed by atoms with van der Waals surface area (Å²) in [6.07, 6.45) is 1.96. The number of fused-ring (bicyclic) bond motifs is 2. The second kappa shape index (κ2) is 5.85. The second-order valence-electron chi connectivity index (χ2n) is 7.00. The fourth-order valence-corrected chi connectivity index (χ4v) is 3.46. The molecule has 0 saturated carbocycles. The fourth-order valence-electron chi connectivity index (χ4n) is 3.20. The Kier molecular flexibility index (Phi) is 4.21. The SMILES string of the molecule is CC(C)(C)OC(=O)N1C[C@H]2CC[C@H](O2)[C@H]1c1ccc(Br)cc1. The van der Waals surface area contributed by atoms with Crippen molar-refractivity contribution in [3.05, 3.63) is 34.3 Å². The molecule has 1 aromatic rings. The lowest BCUT2D eigenvalue weighted by Crippen LogP contribution is -2.49. The summed E-state index contributed by atoms with van der Waals surface area (Å²) in [7, 11) is 0. The third-order valence-corrected chi connectivity index (χ3v) is 4.60. The molecule has 120 valence electrons. The normalized spacial score (nSPS) is 27.8. The average molecular weight is 368 g/mol. The molecule has 1 aromatic carbocycles. The van der Waals surface area contributed by atoms with Gasteiger partial charge in [-0.1, -0.05) is 28.1 Å². The highest BCUT2D eigenvalue weighted by atomic mass is 79.9. The number of carbonyl (C=O) groups excluding carboxylic acids is 1. The van der Waals surface area contributed by atoms with E-state index in [1.165, 1.54) is 0 Å². The van der Waals surface area contributed by atoms with E-state index in [0.717, 1.165) is 22.9 Å². The van der Waals surface area contributed by atoms with Crippen LogP contribution in [0.3, 0.4) is 0 Å². The number of hydrogen-bond acceptors (Lipinski definition) is 3. The number of ether oxygens (including phenoxy) is 2. The molecule has 0 aromatic heterocycles. The lowest BCUT2D eigenvalue weighted by atomic mass is 9.98. The van der Waals surface area contributed by atoms with E-state index in [4.69, 9.17) is 9.47 Å². The van der Waals surface area contributed by atoms with E-state index in [9.17, 15) is 4.79 Å². The molecule has 0 radical (unpaired) electrons. The molecule has 2 saturated heterocycles. The molecule has 22 heavy (non-hydrogen) atoms. The molecule has 1 amide bonds. The number of amides is 1. The van der Waals surface area contributed by atoms with Gasteiger partial charge in [-0.15, -0.1) is 0 Å². The Morgan fingerprint density at radius 2 is 1.95 bits per heavy atom. The molecule has 4 nitrogen and oxygen atoms in total. The second-order valence-corrected chi connectivity index (χ2v) is 7.92. The number of rotatable bonds is 1. The monoisotopic (exact) mass is 367 g/mol. The predicted molar refractivity (Wildman–Crippen MR) is 87.7 cm³/mol. The average Bonchev–Trinajstić information content (AvgIpc) is 2.80. The zero-order valence-corrected chi connectivity index (χ0v) is 14.8. The number of hydrogen-bond donors (Lipinski definition) is 0. The largest absolute Gasteiger partial charge is 0.444 e. The standard InChI is InChI=1S/C17H22BrNO3/c1-17(2,3)22-16(20)19-10-13-8-9-14(21-13)15(19)11-4-6-12(18)7-5-11/h4-7,13-15H,8-10H2,1-3H3/t13-,14+,15-/m1/s1. The predicted octanol–water partition coefficient (Wildman–Crippen LogP) is 4.29. The van der Waals surface area contributed by atoms with Crippen molar-refractivity contribution in [1.29, 1.82) is 0 Å². The number of carbonyl (C=O) groups is 1. The first-order valence-corrected chi connectivity index (χ1v) is 8.53. The Bertz CT molecular complexity index is 552. The molecule has 0 aliphatic carbocycles. The van der Waals surface area contributed by atoms with Crippen molar-refractivity contribution in [2.75, 3.05) is 6.54 Å². The third kappa shape index (κ3) is 3.30. The van der Waals surface area contributed by atoms with Gasteiger partial charge in [0.1, 0.15) is 5.60 Å². The molecule has 0 spiro atoms. The molecule has 3 rings (SSSR count). The number of halogens is 1. The minimum Gasteiger partial charge on any atom is -0.444 e. The van der Waals surface area contributed by atoms with Crippen LogP contribution in [0, 0.1) is 0 Å². The van der Waals surface area contributed by atoms with Gasteiger partial charge in [0.25, 0.3) is 0 Å². The van der Waals surface area contributed by atoms with Gasteiger partial charge in [-0.2, -0.15) is 0 Å². The topological polar surface area (TPSA) is 38.8 Å². The maximum atomic E-state index is 12.6. The molecule has 3 atom stereocenters. The van der Waals surface area contributed by atoms with E-state index in [-0.39, 0.29) is 24.3 Å². The quantitative estimate of drug-likeness (QED) is 0.742. The summed E-state index contributed by atoms with van der Waals surface area (Å²) >= 11 is 3.46. The Morgan fingerprint density at radius 3 is 2.59 bits per heavy atom. The van der Waals surface area contributed by atoms with Crippen molar-refractivity contribution in [2.24, 2.45) is 0 Å². The van der Waals surface area contributed by atoms with Crippen molar-refractivity contribution in [2.45, 2.75) is 57.5 Å². The van der Waals surface area contributed by atoms with Crippen molar-refractivity contribution >= 4 is 22.0 Å². The minimum absolute atomic E-state index is 0.0624. The first-order chi connectivity index (χ1) is 10.3. The highest BCUT2D eigenvalue weighted by molar-refractivity contribution is 9.10. The highest BCUT2D eigenvalue weighted by Crippen LogP contribution is 2.40. The Hall–Kier alpha value is -1.07. The summed E-state index contributed by atoms with van der Waals surface area (Å²) in [5, 5.41) is 0. The Morgan fingerprint density at radius 1 is 1.27 bits per heavy atom. The molecule has 2 heterocycles. The molecular formula is C17H22BrNO3. The lowest BCUT2D eigenvalue weighted by molar-refractivity contribution is -0.0823. The van der Waals surface area contributed by atoms with E-state index in [1.807, 2.05) is 49.9 Å². The molecule has 2 fully saturated rings. The number of benzene rings is 1. The van der Waals surface area contributed by atoms with Gasteiger partial charge in [-0.3, -0.25) is 4.90 Å². The van der Waals surface area contributed by atoms with Crippen LogP contribution < -0.4 is 0 Å². The van der Waals surface area contributed by atoms with Crippen LogP contribution in [0.2, 0.25) is 0 Å². The fraction of sp³-hybridized carbons (Fsp3) is 0.588. The van der Waals surface area contributed by atoms with Crippen LogP contribution in [0.1, 0.15) is 45.2 Å². The smallest absolute Gasteiger partial charge is 0.410 e. The molecule has 2 bridgehead atoms. The van der Waals surface area contributed by atoms with Crippen LogP contribution in [0.25, 0.3) is 0 Å². The molecule has 2 aliphatic rings. The van der Waals surface area contributed by atoms with E-state index in [0.29, 0.717) is 6.54 Å². The number of likely N-dealkylation sites (tertiary alicyclic amines) is 1. The van der Waals surface area contributed by atoms with Gasteiger partial charge in [0, 0.05) is 4.47 Å². The summed E-state index contributed by atoms with van der Waals surface area (Å²) in [4.78, 5) is 14.5. The maximum absolute atomic E-state index is 12.6. The molecule has 0 N–H and O–H groups in total. The molecule has 2 aliphatic heterocycles. The highest BCUT2D eigenvalue weighted by Gasteiger charge is 2.45. The van der Waals surface area contributed by atoms with E-state index in [2.05, 4.69) is 15.9 Å². The molecule has 5 heteroatoms. The van der Waals surface area contributed by atoms with Crippen molar-refractivity contribution in [1.82, 2.24) is 4.90 Å². The summed E-state index contributed by atoms with van der Waals surface area (Å²) in [6.45, 7) is 6.30. The number of morpholine rings is 1. The van der Waals surface area contributed by atoms with E-state index >= 15 is 0 Å². The first kappa shape index (κ1) is 15.8. The Balaban J connectivity index is 1.88. The van der Waals surface area contributed by atoms with Gasteiger partial charge in [0.15, 0.2) is 0 Å². The van der Waals surface area contributed by atoms with Gasteiger partial charge in [0.05, 0.1) is 24.8 Å². The van der Waals surface area contributed by atoms with Crippen molar-refractivity contribution in [3.8, 4) is 0 Å². The van der Waals surface area contributed by atoms with Crippen LogP contribution >= 0.6 is 15.9 Å². The zero-order valence-electron chi connectivity index (χ0n) is 13.2.